The van der Waals surface area contributed by atoms with Crippen LogP contribution in [0.1, 0.15) is 19.3 Å². The summed E-state index contributed by atoms with van der Waals surface area (Å²) in [7, 11) is 0. The highest BCUT2D eigenvalue weighted by atomic mass is 35.5. The molecular weight excluding hydrogens is 269 g/mol. The number of rotatable bonds is 1. The van der Waals surface area contributed by atoms with Crippen LogP contribution in [0.15, 0.2) is 12.3 Å². The van der Waals surface area contributed by atoms with Gasteiger partial charge >= 0.3 is 0 Å². The van der Waals surface area contributed by atoms with Crippen LogP contribution in [0.2, 0.25) is 10.2 Å². The van der Waals surface area contributed by atoms with Gasteiger partial charge in [-0.1, -0.05) is 23.2 Å². The van der Waals surface area contributed by atoms with Crippen molar-refractivity contribution < 1.29 is 0 Å². The molecule has 5 heteroatoms. The summed E-state index contributed by atoms with van der Waals surface area (Å²) in [6.45, 7) is 3.33. The first-order chi connectivity index (χ1) is 8.74. The van der Waals surface area contributed by atoms with Crippen molar-refractivity contribution in [2.45, 2.75) is 25.3 Å². The maximum Gasteiger partial charge on any atom is 0.147 e. The second kappa shape index (κ2) is 5.24. The van der Waals surface area contributed by atoms with Crippen LogP contribution >= 0.6 is 23.2 Å². The summed E-state index contributed by atoms with van der Waals surface area (Å²) < 4.78 is 0. The van der Waals surface area contributed by atoms with Gasteiger partial charge in [-0.25, -0.2) is 4.98 Å². The van der Waals surface area contributed by atoms with Crippen molar-refractivity contribution in [1.29, 1.82) is 0 Å². The third kappa shape index (κ3) is 2.44. The lowest BCUT2D eigenvalue weighted by molar-refractivity contribution is 0.436. The topological polar surface area (TPSA) is 28.2 Å². The van der Waals surface area contributed by atoms with Gasteiger partial charge in [0.1, 0.15) is 5.15 Å². The fraction of sp³-hybridized carbons (Fsp3) is 0.615. The minimum absolute atomic E-state index is 0.383. The van der Waals surface area contributed by atoms with Crippen LogP contribution in [0.25, 0.3) is 0 Å². The van der Waals surface area contributed by atoms with Gasteiger partial charge < -0.3 is 10.2 Å². The molecule has 2 saturated heterocycles. The Morgan fingerprint density at radius 3 is 2.89 bits per heavy atom. The summed E-state index contributed by atoms with van der Waals surface area (Å²) in [5.41, 5.74) is 1.09. The monoisotopic (exact) mass is 285 g/mol. The van der Waals surface area contributed by atoms with Gasteiger partial charge in [0.25, 0.3) is 0 Å². The maximum absolute atomic E-state index is 6.04. The quantitative estimate of drug-likeness (QED) is 0.804. The smallest absolute Gasteiger partial charge is 0.147 e. The van der Waals surface area contributed by atoms with E-state index in [0.29, 0.717) is 16.2 Å². The number of nitrogens with one attached hydrogen (secondary N) is 1. The van der Waals surface area contributed by atoms with Crippen molar-refractivity contribution >= 4 is 28.9 Å². The van der Waals surface area contributed by atoms with Gasteiger partial charge in [-0.2, -0.15) is 0 Å². The second-order valence-corrected chi connectivity index (χ2v) is 5.91. The van der Waals surface area contributed by atoms with Gasteiger partial charge in [-0.3, -0.25) is 0 Å². The molecule has 98 valence electrons. The third-order valence-electron chi connectivity index (χ3n) is 4.12. The molecule has 2 atom stereocenters. The number of aromatic nitrogens is 1. The van der Waals surface area contributed by atoms with Crippen LogP contribution in [0, 0.1) is 5.92 Å². The van der Waals surface area contributed by atoms with Gasteiger partial charge in [0.05, 0.1) is 16.9 Å². The summed E-state index contributed by atoms with van der Waals surface area (Å²) in [5.74, 6) is 0.839. The van der Waals surface area contributed by atoms with Crippen LogP contribution in [0.5, 0.6) is 0 Å². The Morgan fingerprint density at radius 1 is 1.22 bits per heavy atom. The van der Waals surface area contributed by atoms with Crippen LogP contribution in [-0.2, 0) is 0 Å². The van der Waals surface area contributed by atoms with Crippen LogP contribution in [0.3, 0.4) is 0 Å². The Kier molecular flexibility index (Phi) is 3.64. The first kappa shape index (κ1) is 12.5. The molecule has 3 nitrogen and oxygen atoms in total. The van der Waals surface area contributed by atoms with Crippen LogP contribution < -0.4 is 10.2 Å². The molecule has 0 saturated carbocycles. The Labute approximate surface area is 117 Å². The average molecular weight is 286 g/mol. The minimum atomic E-state index is 0.383. The van der Waals surface area contributed by atoms with Crippen molar-refractivity contribution in [2.75, 3.05) is 24.5 Å². The van der Waals surface area contributed by atoms with Gasteiger partial charge in [0, 0.05) is 19.1 Å². The molecule has 0 unspecified atom stereocenters. The molecule has 0 radical (unpaired) electrons. The van der Waals surface area contributed by atoms with E-state index in [0.717, 1.165) is 24.7 Å². The molecule has 1 aromatic heterocycles. The first-order valence-electron chi connectivity index (χ1n) is 6.53. The van der Waals surface area contributed by atoms with E-state index in [1.807, 2.05) is 12.3 Å². The molecule has 2 aliphatic heterocycles. The molecule has 2 fully saturated rings. The van der Waals surface area contributed by atoms with Gasteiger partial charge in [-0.05, 0) is 37.8 Å². The standard InChI is InChI=1S/C13H17Cl2N3/c14-11-7-10(8-17-13(11)15)18-5-2-9-1-4-16-12(9)3-6-18/h7-9,12,16H,1-6H2/t9-,12+/m1/s1. The molecule has 18 heavy (non-hydrogen) atoms. The minimum Gasteiger partial charge on any atom is -0.370 e. The molecule has 1 N–H and O–H groups in total. The van der Waals surface area contributed by atoms with E-state index in [4.69, 9.17) is 23.2 Å². The van der Waals surface area contributed by atoms with Crippen molar-refractivity contribution in [3.8, 4) is 0 Å². The zero-order valence-electron chi connectivity index (χ0n) is 10.2. The van der Waals surface area contributed by atoms with E-state index in [9.17, 15) is 0 Å². The number of halogens is 2. The third-order valence-corrected chi connectivity index (χ3v) is 4.80. The summed E-state index contributed by atoms with van der Waals surface area (Å²) in [6.07, 6.45) is 5.59. The number of fused-ring (bicyclic) bond motifs is 1. The Morgan fingerprint density at radius 2 is 2.06 bits per heavy atom. The Hall–Kier alpha value is -0.510. The van der Waals surface area contributed by atoms with Gasteiger partial charge in [0.15, 0.2) is 0 Å². The van der Waals surface area contributed by atoms with Gasteiger partial charge in [-0.15, -0.1) is 0 Å². The summed E-state index contributed by atoms with van der Waals surface area (Å²) >= 11 is 11.9. The molecule has 1 aromatic rings. The predicted molar refractivity (Wildman–Crippen MR) is 75.6 cm³/mol. The first-order valence-corrected chi connectivity index (χ1v) is 7.29. The SMILES string of the molecule is Clc1cc(N2CC[C@H]3CCN[C@H]3CC2)cnc1Cl. The molecule has 0 spiro atoms. The number of nitrogens with zero attached hydrogens (tertiary/aromatic N) is 2. The van der Waals surface area contributed by atoms with Crippen molar-refractivity contribution in [3.63, 3.8) is 0 Å². The number of hydrogen-bond acceptors (Lipinski definition) is 3. The maximum atomic E-state index is 6.04. The lowest BCUT2D eigenvalue weighted by Gasteiger charge is -2.23. The van der Waals surface area contributed by atoms with E-state index in [1.165, 1.54) is 25.8 Å². The van der Waals surface area contributed by atoms with Crippen LogP contribution in [0.4, 0.5) is 5.69 Å². The fourth-order valence-electron chi connectivity index (χ4n) is 3.08. The zero-order valence-corrected chi connectivity index (χ0v) is 11.7. The van der Waals surface area contributed by atoms with Gasteiger partial charge in [0.2, 0.25) is 0 Å². The molecular formula is C13H17Cl2N3. The average Bonchev–Trinajstić information content (AvgIpc) is 2.72. The second-order valence-electron chi connectivity index (χ2n) is 5.14. The summed E-state index contributed by atoms with van der Waals surface area (Å²) in [4.78, 5) is 6.50. The van der Waals surface area contributed by atoms with Crippen molar-refractivity contribution in [1.82, 2.24) is 10.3 Å². The fourth-order valence-corrected chi connectivity index (χ4v) is 3.34. The normalized spacial score (nSPS) is 28.0. The van der Waals surface area contributed by atoms with Crippen LogP contribution in [-0.4, -0.2) is 30.7 Å². The zero-order chi connectivity index (χ0) is 12.5. The highest BCUT2D eigenvalue weighted by Gasteiger charge is 2.30. The summed E-state index contributed by atoms with van der Waals surface area (Å²) in [5, 5.41) is 4.52. The molecule has 3 heterocycles. The molecule has 0 bridgehead atoms. The number of pyridine rings is 1. The van der Waals surface area contributed by atoms with E-state index < -0.39 is 0 Å². The number of hydrogen-bond donors (Lipinski definition) is 1. The largest absolute Gasteiger partial charge is 0.370 e. The molecule has 0 aromatic carbocycles. The molecule has 0 amide bonds. The number of anilines is 1. The van der Waals surface area contributed by atoms with E-state index >= 15 is 0 Å². The lowest BCUT2D eigenvalue weighted by atomic mass is 9.96. The molecule has 3 rings (SSSR count). The van der Waals surface area contributed by atoms with E-state index in [1.54, 1.807) is 0 Å². The van der Waals surface area contributed by atoms with E-state index in [-0.39, 0.29) is 0 Å². The summed E-state index contributed by atoms with van der Waals surface area (Å²) in [6, 6.07) is 2.62. The van der Waals surface area contributed by atoms with Crippen molar-refractivity contribution in [2.24, 2.45) is 5.92 Å². The Balaban J connectivity index is 1.74. The highest BCUT2D eigenvalue weighted by molar-refractivity contribution is 6.41. The van der Waals surface area contributed by atoms with E-state index in [2.05, 4.69) is 15.2 Å². The Bertz CT molecular complexity index is 424. The van der Waals surface area contributed by atoms with Crippen molar-refractivity contribution in [3.05, 3.63) is 22.4 Å². The predicted octanol–water partition coefficient (Wildman–Crippen LogP) is 2.97. The molecule has 2 aliphatic rings. The molecule has 0 aliphatic carbocycles. The highest BCUT2D eigenvalue weighted by Crippen LogP contribution is 2.30. The lowest BCUT2D eigenvalue weighted by Crippen LogP contribution is -2.28.